The number of hydrogen-bond donors (Lipinski definition) is 1. The fraction of sp³-hybridized carbons (Fsp3) is 0.316. The van der Waals surface area contributed by atoms with Crippen LogP contribution in [-0.2, 0) is 22.8 Å². The molecule has 0 fully saturated rings. The minimum Gasteiger partial charge on any atom is -0.364 e. The first kappa shape index (κ1) is 18.5. The summed E-state index contributed by atoms with van der Waals surface area (Å²) in [6.07, 6.45) is -6.72. The van der Waals surface area contributed by atoms with Crippen molar-refractivity contribution in [3.8, 4) is 0 Å². The Morgan fingerprint density at radius 2 is 1.89 bits per heavy atom. The van der Waals surface area contributed by atoms with Crippen molar-refractivity contribution in [1.82, 2.24) is 10.3 Å². The lowest BCUT2D eigenvalue weighted by Gasteiger charge is -2.33. The molecule has 1 atom stereocenters. The van der Waals surface area contributed by atoms with Gasteiger partial charge in [0, 0.05) is 5.56 Å². The monoisotopic (exact) mass is 395 g/mol. The Morgan fingerprint density at radius 3 is 2.61 bits per heavy atom. The highest BCUT2D eigenvalue weighted by Crippen LogP contribution is 2.47. The second kappa shape index (κ2) is 6.35. The number of aromatic nitrogens is 1. The number of aryl methyl sites for hydroxylation is 1. The second-order valence-corrected chi connectivity index (χ2v) is 6.69. The Hall–Kier alpha value is -2.84. The van der Waals surface area contributed by atoms with Gasteiger partial charge >= 0.3 is 6.18 Å². The van der Waals surface area contributed by atoms with Gasteiger partial charge in [-0.1, -0.05) is 24.3 Å². The highest BCUT2D eigenvalue weighted by Gasteiger charge is 2.52. The van der Waals surface area contributed by atoms with Crippen molar-refractivity contribution < 1.29 is 26.7 Å². The third-order valence-electron chi connectivity index (χ3n) is 5.09. The molecule has 2 aromatic rings. The quantitative estimate of drug-likeness (QED) is 0.793. The number of benzene rings is 1. The van der Waals surface area contributed by atoms with E-state index >= 15 is 0 Å². The van der Waals surface area contributed by atoms with E-state index in [2.05, 4.69) is 15.3 Å². The lowest BCUT2D eigenvalue weighted by molar-refractivity contribution is -0.141. The van der Waals surface area contributed by atoms with Gasteiger partial charge in [-0.2, -0.15) is 18.2 Å². The predicted octanol–water partition coefficient (Wildman–Crippen LogP) is 3.47. The first-order chi connectivity index (χ1) is 13.2. The first-order valence-corrected chi connectivity index (χ1v) is 8.56. The van der Waals surface area contributed by atoms with Gasteiger partial charge in [0.15, 0.2) is 0 Å². The third kappa shape index (κ3) is 2.76. The number of nitrogens with zero attached hydrogens (tertiary/aromatic N) is 2. The molecule has 1 aliphatic heterocycles. The molecule has 4 rings (SSSR count). The molecule has 0 saturated heterocycles. The summed E-state index contributed by atoms with van der Waals surface area (Å²) >= 11 is 0. The number of fused-ring (bicyclic) bond motifs is 4. The van der Waals surface area contributed by atoms with Crippen molar-refractivity contribution in [2.75, 3.05) is 6.54 Å². The first-order valence-electron chi connectivity index (χ1n) is 8.56. The smallest absolute Gasteiger partial charge is 0.364 e. The molecule has 9 heteroatoms. The second-order valence-electron chi connectivity index (χ2n) is 6.69. The minimum absolute atomic E-state index is 0.0935. The average Bonchev–Trinajstić information content (AvgIpc) is 3.03. The number of carbonyl (C=O) groups excluding carboxylic acids is 1. The summed E-state index contributed by atoms with van der Waals surface area (Å²) in [4.78, 5) is 20.7. The largest absolute Gasteiger partial charge is 0.433 e. The summed E-state index contributed by atoms with van der Waals surface area (Å²) in [6, 6.07) is 8.86. The number of carbonyl (C=O) groups is 1. The van der Waals surface area contributed by atoms with Gasteiger partial charge in [-0.25, -0.2) is 13.8 Å². The zero-order valence-corrected chi connectivity index (χ0v) is 14.4. The zero-order chi connectivity index (χ0) is 20.1. The Kier molecular flexibility index (Phi) is 4.20. The van der Waals surface area contributed by atoms with Gasteiger partial charge in [-0.05, 0) is 36.1 Å². The highest BCUT2D eigenvalue weighted by atomic mass is 19.4. The maximum absolute atomic E-state index is 13.3. The molecule has 4 nitrogen and oxygen atoms in total. The molecule has 1 amide bonds. The van der Waals surface area contributed by atoms with Crippen LogP contribution in [0.1, 0.15) is 34.5 Å². The minimum atomic E-state index is -4.71. The Bertz CT molecular complexity index is 986. The molecule has 0 bridgehead atoms. The number of aliphatic imine (C=N–C) groups is 1. The molecule has 2 heterocycles. The predicted molar refractivity (Wildman–Crippen MR) is 90.3 cm³/mol. The van der Waals surface area contributed by atoms with Crippen molar-refractivity contribution in [2.24, 2.45) is 4.99 Å². The van der Waals surface area contributed by atoms with E-state index in [1.807, 2.05) is 0 Å². The van der Waals surface area contributed by atoms with Gasteiger partial charge in [-0.3, -0.25) is 4.79 Å². The topological polar surface area (TPSA) is 54.4 Å². The van der Waals surface area contributed by atoms with Gasteiger partial charge in [0.2, 0.25) is 0 Å². The summed E-state index contributed by atoms with van der Waals surface area (Å²) in [5, 5.41) is 2.35. The van der Waals surface area contributed by atoms with Gasteiger partial charge in [0.05, 0.1) is 12.2 Å². The van der Waals surface area contributed by atoms with E-state index < -0.39 is 36.2 Å². The van der Waals surface area contributed by atoms with E-state index in [0.29, 0.717) is 12.0 Å². The SMILES string of the molecule is O=C1N=C(NCC(F)F)c2ccc(C(F)(F)F)nc2C12CCc1ccccc12. The van der Waals surface area contributed by atoms with Crippen LogP contribution < -0.4 is 5.32 Å². The Balaban J connectivity index is 1.93. The molecule has 1 aromatic carbocycles. The molecule has 1 N–H and O–H groups in total. The van der Waals surface area contributed by atoms with Crippen LogP contribution in [0.25, 0.3) is 0 Å². The fourth-order valence-corrected chi connectivity index (χ4v) is 3.88. The molecule has 0 radical (unpaired) electrons. The Morgan fingerprint density at radius 1 is 1.14 bits per heavy atom. The lowest BCUT2D eigenvalue weighted by Crippen LogP contribution is -2.44. The molecule has 1 unspecified atom stereocenters. The van der Waals surface area contributed by atoms with Crippen molar-refractivity contribution in [3.63, 3.8) is 0 Å². The van der Waals surface area contributed by atoms with Crippen molar-refractivity contribution >= 4 is 11.7 Å². The Labute approximate surface area is 156 Å². The molecule has 2 aliphatic rings. The maximum Gasteiger partial charge on any atom is 0.433 e. The van der Waals surface area contributed by atoms with E-state index in [1.165, 1.54) is 0 Å². The van der Waals surface area contributed by atoms with E-state index in [9.17, 15) is 26.7 Å². The summed E-state index contributed by atoms with van der Waals surface area (Å²) in [5.74, 6) is -0.884. The molecule has 1 spiro atoms. The van der Waals surface area contributed by atoms with E-state index in [4.69, 9.17) is 0 Å². The number of hydrogen-bond acceptors (Lipinski definition) is 3. The zero-order valence-electron chi connectivity index (χ0n) is 14.4. The molecule has 0 saturated carbocycles. The van der Waals surface area contributed by atoms with Crippen LogP contribution in [0.15, 0.2) is 41.4 Å². The third-order valence-corrected chi connectivity index (χ3v) is 5.09. The number of amidine groups is 1. The van der Waals surface area contributed by atoms with Crippen LogP contribution in [0.2, 0.25) is 0 Å². The molecule has 146 valence electrons. The highest BCUT2D eigenvalue weighted by molar-refractivity contribution is 6.13. The number of alkyl halides is 5. The van der Waals surface area contributed by atoms with Crippen LogP contribution in [0.5, 0.6) is 0 Å². The molecule has 1 aromatic heterocycles. The standard InChI is InChI=1S/C19H14F5N3O/c20-14(21)9-25-16-11-5-6-13(19(22,23)24)26-15(11)18(17(28)27-16)8-7-10-3-1-2-4-12(10)18/h1-6,14H,7-9H2,(H,25,27,28). The van der Waals surface area contributed by atoms with Gasteiger partial charge in [0.25, 0.3) is 12.3 Å². The van der Waals surface area contributed by atoms with Gasteiger partial charge < -0.3 is 5.32 Å². The van der Waals surface area contributed by atoms with Crippen LogP contribution in [0, 0.1) is 0 Å². The average molecular weight is 395 g/mol. The lowest BCUT2D eigenvalue weighted by atomic mass is 9.74. The van der Waals surface area contributed by atoms with E-state index in [1.54, 1.807) is 24.3 Å². The number of halogens is 5. The molecular formula is C19H14F5N3O. The van der Waals surface area contributed by atoms with Crippen LogP contribution in [0.3, 0.4) is 0 Å². The van der Waals surface area contributed by atoms with Crippen LogP contribution in [-0.4, -0.2) is 29.7 Å². The normalized spacial score (nSPS) is 20.9. The summed E-state index contributed by atoms with van der Waals surface area (Å²) in [6.45, 7) is -0.782. The fourth-order valence-electron chi connectivity index (χ4n) is 3.88. The summed E-state index contributed by atoms with van der Waals surface area (Å²) < 4.78 is 65.1. The number of amides is 1. The number of rotatable bonds is 2. The molecule has 1 aliphatic carbocycles. The van der Waals surface area contributed by atoms with Gasteiger partial charge in [0.1, 0.15) is 16.9 Å². The maximum atomic E-state index is 13.3. The van der Waals surface area contributed by atoms with Crippen LogP contribution in [0.4, 0.5) is 22.0 Å². The summed E-state index contributed by atoms with van der Waals surface area (Å²) in [7, 11) is 0. The van der Waals surface area contributed by atoms with Crippen molar-refractivity contribution in [2.45, 2.75) is 30.9 Å². The summed E-state index contributed by atoms with van der Waals surface area (Å²) in [5.41, 5.74) is -1.15. The van der Waals surface area contributed by atoms with Crippen molar-refractivity contribution in [1.29, 1.82) is 0 Å². The number of nitrogens with one attached hydrogen (secondary N) is 1. The van der Waals surface area contributed by atoms with E-state index in [-0.39, 0.29) is 23.5 Å². The van der Waals surface area contributed by atoms with Gasteiger partial charge in [-0.15, -0.1) is 0 Å². The van der Waals surface area contributed by atoms with Crippen molar-refractivity contribution in [3.05, 3.63) is 64.5 Å². The molecular weight excluding hydrogens is 381 g/mol. The number of pyridine rings is 1. The molecule has 28 heavy (non-hydrogen) atoms. The van der Waals surface area contributed by atoms with E-state index in [0.717, 1.165) is 17.7 Å². The van der Waals surface area contributed by atoms with Crippen LogP contribution >= 0.6 is 0 Å².